The molecule has 3 rings (SSSR count). The van der Waals surface area contributed by atoms with E-state index in [4.69, 9.17) is 16.3 Å². The molecule has 150 valence electrons. The summed E-state index contributed by atoms with van der Waals surface area (Å²) in [7, 11) is 1.55. The third-order valence-electron chi connectivity index (χ3n) is 4.61. The fraction of sp³-hybridized carbons (Fsp3) is 0.450. The quantitative estimate of drug-likeness (QED) is 0.553. The Morgan fingerprint density at radius 3 is 2.71 bits per heavy atom. The van der Waals surface area contributed by atoms with E-state index in [1.54, 1.807) is 31.6 Å². The van der Waals surface area contributed by atoms with Crippen LogP contribution in [0.3, 0.4) is 0 Å². The molecule has 28 heavy (non-hydrogen) atoms. The predicted octanol–water partition coefficient (Wildman–Crippen LogP) is 4.35. The highest BCUT2D eigenvalue weighted by molar-refractivity contribution is 7.99. The number of carbonyl (C=O) groups excluding carboxylic acids is 1. The van der Waals surface area contributed by atoms with Gasteiger partial charge in [0.25, 0.3) is 0 Å². The zero-order chi connectivity index (χ0) is 20.1. The summed E-state index contributed by atoms with van der Waals surface area (Å²) < 4.78 is 5.12. The minimum atomic E-state index is -0.119. The molecule has 2 atom stereocenters. The SMILES string of the molecule is COc1ccc(NC(=O)CSc2cc(N3C[C@H](C)C[C@@H](C)C3)ncn2)cc1Cl. The van der Waals surface area contributed by atoms with Crippen LogP contribution in [-0.2, 0) is 4.79 Å². The van der Waals surface area contributed by atoms with E-state index in [1.165, 1.54) is 18.2 Å². The van der Waals surface area contributed by atoms with Gasteiger partial charge < -0.3 is 15.0 Å². The van der Waals surface area contributed by atoms with Crippen molar-refractivity contribution in [3.63, 3.8) is 0 Å². The fourth-order valence-electron chi connectivity index (χ4n) is 3.51. The van der Waals surface area contributed by atoms with Crippen molar-refractivity contribution in [3.05, 3.63) is 35.6 Å². The summed E-state index contributed by atoms with van der Waals surface area (Å²) in [6, 6.07) is 7.12. The largest absolute Gasteiger partial charge is 0.495 e. The number of piperidine rings is 1. The number of hydrogen-bond donors (Lipinski definition) is 1. The maximum Gasteiger partial charge on any atom is 0.234 e. The molecular formula is C20H25ClN4O2S. The summed E-state index contributed by atoms with van der Waals surface area (Å²) in [6.07, 6.45) is 2.82. The van der Waals surface area contributed by atoms with Gasteiger partial charge >= 0.3 is 0 Å². The van der Waals surface area contributed by atoms with Crippen LogP contribution in [0.2, 0.25) is 5.02 Å². The molecular weight excluding hydrogens is 396 g/mol. The lowest BCUT2D eigenvalue weighted by Crippen LogP contribution is -2.39. The van der Waals surface area contributed by atoms with Gasteiger partial charge in [0, 0.05) is 24.8 Å². The molecule has 0 radical (unpaired) electrons. The van der Waals surface area contributed by atoms with Crippen LogP contribution in [0.4, 0.5) is 11.5 Å². The number of nitrogens with one attached hydrogen (secondary N) is 1. The van der Waals surface area contributed by atoms with Gasteiger partial charge in [-0.2, -0.15) is 0 Å². The number of ether oxygens (including phenoxy) is 1. The second-order valence-electron chi connectivity index (χ2n) is 7.25. The first-order valence-electron chi connectivity index (χ1n) is 9.27. The maximum absolute atomic E-state index is 12.3. The molecule has 0 unspecified atom stereocenters. The average Bonchev–Trinajstić information content (AvgIpc) is 2.66. The fourth-order valence-corrected chi connectivity index (χ4v) is 4.43. The molecule has 1 aliphatic heterocycles. The zero-order valence-electron chi connectivity index (χ0n) is 16.3. The highest BCUT2D eigenvalue weighted by atomic mass is 35.5. The average molecular weight is 421 g/mol. The van der Waals surface area contributed by atoms with Crippen LogP contribution < -0.4 is 15.0 Å². The third-order valence-corrected chi connectivity index (χ3v) is 5.83. The molecule has 1 aromatic heterocycles. The van der Waals surface area contributed by atoms with Crippen molar-refractivity contribution in [2.75, 3.05) is 36.2 Å². The standard InChI is InChI=1S/C20H25ClN4O2S/c1-13-6-14(2)10-25(9-13)18-8-20(23-12-22-18)28-11-19(26)24-15-4-5-17(27-3)16(21)7-15/h4-5,7-8,12-14H,6,9-11H2,1-3H3,(H,24,26)/t13-,14-/m1/s1. The first-order valence-corrected chi connectivity index (χ1v) is 10.6. The minimum absolute atomic E-state index is 0.119. The number of methoxy groups -OCH3 is 1. The number of nitrogens with zero attached hydrogens (tertiary/aromatic N) is 3. The van der Waals surface area contributed by atoms with E-state index in [9.17, 15) is 4.79 Å². The van der Waals surface area contributed by atoms with Crippen LogP contribution >= 0.6 is 23.4 Å². The molecule has 0 bridgehead atoms. The van der Waals surface area contributed by atoms with E-state index in [2.05, 4.69) is 34.0 Å². The smallest absolute Gasteiger partial charge is 0.234 e. The molecule has 1 amide bonds. The van der Waals surface area contributed by atoms with Crippen molar-refractivity contribution >= 4 is 40.8 Å². The molecule has 1 aromatic carbocycles. The molecule has 1 aliphatic rings. The number of rotatable bonds is 6. The topological polar surface area (TPSA) is 67.3 Å². The Hall–Kier alpha value is -1.99. The number of aromatic nitrogens is 2. The third kappa shape index (κ3) is 5.52. The van der Waals surface area contributed by atoms with Crippen LogP contribution in [0.1, 0.15) is 20.3 Å². The van der Waals surface area contributed by atoms with Crippen LogP contribution in [0.5, 0.6) is 5.75 Å². The number of benzene rings is 1. The van der Waals surface area contributed by atoms with Crippen molar-refractivity contribution in [1.29, 1.82) is 0 Å². The van der Waals surface area contributed by atoms with Crippen LogP contribution in [0.25, 0.3) is 0 Å². The van der Waals surface area contributed by atoms with Crippen molar-refractivity contribution in [1.82, 2.24) is 9.97 Å². The number of hydrogen-bond acceptors (Lipinski definition) is 6. The van der Waals surface area contributed by atoms with Crippen molar-refractivity contribution in [2.24, 2.45) is 11.8 Å². The van der Waals surface area contributed by atoms with Gasteiger partial charge in [-0.3, -0.25) is 4.79 Å². The van der Waals surface area contributed by atoms with Crippen LogP contribution in [0, 0.1) is 11.8 Å². The van der Waals surface area contributed by atoms with Crippen LogP contribution in [-0.4, -0.2) is 41.8 Å². The van der Waals surface area contributed by atoms with Crippen molar-refractivity contribution < 1.29 is 9.53 Å². The maximum atomic E-state index is 12.3. The van der Waals surface area contributed by atoms with Gasteiger partial charge in [-0.15, -0.1) is 0 Å². The Kier molecular flexibility index (Phi) is 7.02. The zero-order valence-corrected chi connectivity index (χ0v) is 17.9. The molecule has 0 spiro atoms. The van der Waals surface area contributed by atoms with Crippen molar-refractivity contribution in [3.8, 4) is 5.75 Å². The lowest BCUT2D eigenvalue weighted by Gasteiger charge is -2.35. The molecule has 1 fully saturated rings. The van der Waals surface area contributed by atoms with E-state index in [-0.39, 0.29) is 11.7 Å². The van der Waals surface area contributed by atoms with Gasteiger partial charge in [0.1, 0.15) is 22.9 Å². The molecule has 0 saturated carbocycles. The molecule has 0 aliphatic carbocycles. The van der Waals surface area contributed by atoms with Gasteiger partial charge in [0.05, 0.1) is 17.9 Å². The Morgan fingerprint density at radius 2 is 2.04 bits per heavy atom. The predicted molar refractivity (Wildman–Crippen MR) is 115 cm³/mol. The van der Waals surface area contributed by atoms with E-state index < -0.39 is 0 Å². The van der Waals surface area contributed by atoms with E-state index >= 15 is 0 Å². The first-order chi connectivity index (χ1) is 13.4. The summed E-state index contributed by atoms with van der Waals surface area (Å²) in [6.45, 7) is 6.55. The summed E-state index contributed by atoms with van der Waals surface area (Å²) in [4.78, 5) is 23.3. The number of anilines is 2. The number of amides is 1. The second-order valence-corrected chi connectivity index (χ2v) is 8.65. The van der Waals surface area contributed by atoms with E-state index in [0.717, 1.165) is 23.9 Å². The number of carbonyl (C=O) groups is 1. The van der Waals surface area contributed by atoms with Crippen molar-refractivity contribution in [2.45, 2.75) is 25.3 Å². The molecule has 1 saturated heterocycles. The van der Waals surface area contributed by atoms with E-state index in [1.807, 2.05) is 6.07 Å². The second kappa shape index (κ2) is 9.47. The normalized spacial score (nSPS) is 19.4. The molecule has 8 heteroatoms. The Balaban J connectivity index is 1.57. The Labute approximate surface area is 175 Å². The first kappa shape index (κ1) is 20.7. The van der Waals surface area contributed by atoms with Gasteiger partial charge in [-0.05, 0) is 36.5 Å². The minimum Gasteiger partial charge on any atom is -0.495 e. The molecule has 2 heterocycles. The van der Waals surface area contributed by atoms with Gasteiger partial charge in [0.2, 0.25) is 5.91 Å². The van der Waals surface area contributed by atoms with Gasteiger partial charge in [0.15, 0.2) is 0 Å². The molecule has 2 aromatic rings. The van der Waals surface area contributed by atoms with Gasteiger partial charge in [-0.25, -0.2) is 9.97 Å². The Morgan fingerprint density at radius 1 is 1.29 bits per heavy atom. The lowest BCUT2D eigenvalue weighted by molar-refractivity contribution is -0.113. The lowest BCUT2D eigenvalue weighted by atomic mass is 9.92. The van der Waals surface area contributed by atoms with Gasteiger partial charge in [-0.1, -0.05) is 37.2 Å². The number of thioether (sulfide) groups is 1. The summed E-state index contributed by atoms with van der Waals surface area (Å²) in [5.74, 6) is 2.94. The summed E-state index contributed by atoms with van der Waals surface area (Å²) in [5, 5.41) is 4.09. The monoisotopic (exact) mass is 420 g/mol. The molecule has 6 nitrogen and oxygen atoms in total. The highest BCUT2D eigenvalue weighted by Gasteiger charge is 2.23. The van der Waals surface area contributed by atoms with E-state index in [0.29, 0.717) is 28.3 Å². The summed E-state index contributed by atoms with van der Waals surface area (Å²) >= 11 is 7.49. The number of halogens is 1. The summed E-state index contributed by atoms with van der Waals surface area (Å²) in [5.41, 5.74) is 0.635. The highest BCUT2D eigenvalue weighted by Crippen LogP contribution is 2.28. The molecule has 1 N–H and O–H groups in total. The Bertz CT molecular complexity index is 826. The van der Waals surface area contributed by atoms with Crippen LogP contribution in [0.15, 0.2) is 35.6 Å².